The number of fused-ring (bicyclic) bond motifs is 1. The van der Waals surface area contributed by atoms with E-state index in [4.69, 9.17) is 9.47 Å². The van der Waals surface area contributed by atoms with Crippen molar-refractivity contribution in [2.24, 2.45) is 5.92 Å². The number of nitrogens with zero attached hydrogens (tertiary/aromatic N) is 2. The van der Waals surface area contributed by atoms with Gasteiger partial charge in [0.25, 0.3) is 5.91 Å². The molecule has 1 aromatic carbocycles. The average molecular weight is 304 g/mol. The van der Waals surface area contributed by atoms with Crippen LogP contribution in [0.25, 0.3) is 0 Å². The van der Waals surface area contributed by atoms with E-state index in [1.807, 2.05) is 29.2 Å². The Bertz CT molecular complexity index is 517. The molecule has 2 aliphatic rings. The lowest BCUT2D eigenvalue weighted by Crippen LogP contribution is -2.32. The first-order valence-corrected chi connectivity index (χ1v) is 7.84. The molecule has 0 aliphatic carbocycles. The highest BCUT2D eigenvalue weighted by molar-refractivity contribution is 5.94. The van der Waals surface area contributed by atoms with Crippen LogP contribution >= 0.6 is 0 Å². The Balaban J connectivity index is 1.66. The van der Waals surface area contributed by atoms with E-state index in [1.165, 1.54) is 0 Å². The van der Waals surface area contributed by atoms with Crippen LogP contribution in [0.5, 0.6) is 0 Å². The standard InChI is InChI=1S/C17H24N2O3/c1-18-7-8-22-16-11-19(10-15(16)9-18)17(20)14-5-3-13(4-6-14)12-21-2/h3-6,15-16H,7-12H2,1-2H3/t15-,16+/m0/s1. The number of carbonyl (C=O) groups excluding carboxylic acids is 1. The molecular weight excluding hydrogens is 280 g/mol. The molecule has 5 heteroatoms. The van der Waals surface area contributed by atoms with Crippen LogP contribution in [-0.2, 0) is 16.1 Å². The van der Waals surface area contributed by atoms with E-state index in [0.29, 0.717) is 19.1 Å². The van der Waals surface area contributed by atoms with Crippen molar-refractivity contribution >= 4 is 5.91 Å². The van der Waals surface area contributed by atoms with Gasteiger partial charge in [-0.15, -0.1) is 0 Å². The Hall–Kier alpha value is -1.43. The van der Waals surface area contributed by atoms with Crippen molar-refractivity contribution < 1.29 is 14.3 Å². The zero-order valence-electron chi connectivity index (χ0n) is 13.3. The number of hydrogen-bond acceptors (Lipinski definition) is 4. The maximum absolute atomic E-state index is 12.7. The molecule has 1 aromatic rings. The van der Waals surface area contributed by atoms with Crippen molar-refractivity contribution in [3.63, 3.8) is 0 Å². The summed E-state index contributed by atoms with van der Waals surface area (Å²) in [6, 6.07) is 7.68. The number of likely N-dealkylation sites (N-methyl/N-ethyl adjacent to an activating group) is 1. The minimum Gasteiger partial charge on any atom is -0.380 e. The molecule has 2 aliphatic heterocycles. The van der Waals surface area contributed by atoms with Crippen molar-refractivity contribution in [1.29, 1.82) is 0 Å². The minimum atomic E-state index is 0.100. The van der Waals surface area contributed by atoms with E-state index in [2.05, 4.69) is 11.9 Å². The maximum Gasteiger partial charge on any atom is 0.253 e. The second-order valence-electron chi connectivity index (χ2n) is 6.27. The van der Waals surface area contributed by atoms with Crippen LogP contribution < -0.4 is 0 Å². The molecule has 2 fully saturated rings. The first-order chi connectivity index (χ1) is 10.7. The Labute approximate surface area is 131 Å². The summed E-state index contributed by atoms with van der Waals surface area (Å²) in [5.41, 5.74) is 1.82. The van der Waals surface area contributed by atoms with Gasteiger partial charge in [0.1, 0.15) is 0 Å². The Morgan fingerprint density at radius 2 is 2.05 bits per heavy atom. The van der Waals surface area contributed by atoms with E-state index in [-0.39, 0.29) is 12.0 Å². The fraction of sp³-hybridized carbons (Fsp3) is 0.588. The van der Waals surface area contributed by atoms with Crippen LogP contribution in [0.15, 0.2) is 24.3 Å². The first-order valence-electron chi connectivity index (χ1n) is 7.84. The van der Waals surface area contributed by atoms with Crippen molar-refractivity contribution in [2.75, 3.05) is 46.9 Å². The molecule has 0 N–H and O–H groups in total. The summed E-state index contributed by atoms with van der Waals surface area (Å²) in [7, 11) is 3.79. The van der Waals surface area contributed by atoms with Crippen LogP contribution in [0.2, 0.25) is 0 Å². The molecule has 0 unspecified atom stereocenters. The van der Waals surface area contributed by atoms with Gasteiger partial charge >= 0.3 is 0 Å². The number of benzene rings is 1. The third-order valence-electron chi connectivity index (χ3n) is 4.53. The molecule has 5 nitrogen and oxygen atoms in total. The van der Waals surface area contributed by atoms with Crippen molar-refractivity contribution in [3.05, 3.63) is 35.4 Å². The van der Waals surface area contributed by atoms with Crippen LogP contribution in [0, 0.1) is 5.92 Å². The molecule has 2 saturated heterocycles. The fourth-order valence-corrected chi connectivity index (χ4v) is 3.32. The Kier molecular flexibility index (Phi) is 4.76. The molecule has 1 amide bonds. The second kappa shape index (κ2) is 6.77. The van der Waals surface area contributed by atoms with Gasteiger partial charge < -0.3 is 19.3 Å². The number of rotatable bonds is 3. The fourth-order valence-electron chi connectivity index (χ4n) is 3.32. The van der Waals surface area contributed by atoms with Crippen molar-refractivity contribution in [1.82, 2.24) is 9.80 Å². The number of methoxy groups -OCH3 is 1. The summed E-state index contributed by atoms with van der Waals surface area (Å²) in [5, 5.41) is 0. The van der Waals surface area contributed by atoms with E-state index < -0.39 is 0 Å². The number of ether oxygens (including phenoxy) is 2. The smallest absolute Gasteiger partial charge is 0.253 e. The first kappa shape index (κ1) is 15.5. The van der Waals surface area contributed by atoms with Gasteiger partial charge in [-0.1, -0.05) is 12.1 Å². The number of amides is 1. The van der Waals surface area contributed by atoms with Crippen LogP contribution in [-0.4, -0.2) is 68.8 Å². The third-order valence-corrected chi connectivity index (χ3v) is 4.53. The van der Waals surface area contributed by atoms with Crippen LogP contribution in [0.1, 0.15) is 15.9 Å². The summed E-state index contributed by atoms with van der Waals surface area (Å²) in [4.78, 5) is 16.9. The van der Waals surface area contributed by atoms with Crippen LogP contribution in [0.4, 0.5) is 0 Å². The number of hydrogen-bond donors (Lipinski definition) is 0. The van der Waals surface area contributed by atoms with E-state index in [0.717, 1.165) is 37.4 Å². The molecule has 0 radical (unpaired) electrons. The Morgan fingerprint density at radius 1 is 1.27 bits per heavy atom. The second-order valence-corrected chi connectivity index (χ2v) is 6.27. The van der Waals surface area contributed by atoms with Crippen molar-refractivity contribution in [3.8, 4) is 0 Å². The molecule has 2 heterocycles. The molecule has 120 valence electrons. The van der Waals surface area contributed by atoms with E-state index in [1.54, 1.807) is 7.11 Å². The predicted molar refractivity (Wildman–Crippen MR) is 83.8 cm³/mol. The molecule has 0 spiro atoms. The van der Waals surface area contributed by atoms with Crippen molar-refractivity contribution in [2.45, 2.75) is 12.7 Å². The van der Waals surface area contributed by atoms with Crippen LogP contribution in [0.3, 0.4) is 0 Å². The van der Waals surface area contributed by atoms with Gasteiger partial charge in [-0.2, -0.15) is 0 Å². The predicted octanol–water partition coefficient (Wildman–Crippen LogP) is 1.24. The molecule has 22 heavy (non-hydrogen) atoms. The summed E-state index contributed by atoms with van der Waals surface area (Å²) in [6.07, 6.45) is 0.182. The topological polar surface area (TPSA) is 42.0 Å². The minimum absolute atomic E-state index is 0.100. The molecule has 0 saturated carbocycles. The van der Waals surface area contributed by atoms with Gasteiger partial charge in [-0.25, -0.2) is 0 Å². The quantitative estimate of drug-likeness (QED) is 0.842. The molecule has 2 atom stereocenters. The largest absolute Gasteiger partial charge is 0.380 e. The molecule has 0 aromatic heterocycles. The van der Waals surface area contributed by atoms with Gasteiger partial charge in [0.05, 0.1) is 19.3 Å². The molecular formula is C17H24N2O3. The highest BCUT2D eigenvalue weighted by Crippen LogP contribution is 2.24. The zero-order valence-corrected chi connectivity index (χ0v) is 13.3. The van der Waals surface area contributed by atoms with Gasteiger partial charge in [-0.3, -0.25) is 4.79 Å². The summed E-state index contributed by atoms with van der Waals surface area (Å²) >= 11 is 0. The SMILES string of the molecule is COCc1ccc(C(=O)N2C[C@@H]3CN(C)CCO[C@@H]3C2)cc1. The lowest BCUT2D eigenvalue weighted by Gasteiger charge is -2.19. The monoisotopic (exact) mass is 304 g/mol. The molecule has 0 bridgehead atoms. The highest BCUT2D eigenvalue weighted by atomic mass is 16.5. The zero-order chi connectivity index (χ0) is 15.5. The lowest BCUT2D eigenvalue weighted by molar-refractivity contribution is 0.0487. The summed E-state index contributed by atoms with van der Waals surface area (Å²) in [6.45, 7) is 4.79. The normalized spacial score (nSPS) is 25.8. The highest BCUT2D eigenvalue weighted by Gasteiger charge is 2.38. The molecule has 3 rings (SSSR count). The maximum atomic E-state index is 12.7. The van der Waals surface area contributed by atoms with Gasteiger partial charge in [0, 0.05) is 44.8 Å². The third kappa shape index (κ3) is 3.32. The van der Waals surface area contributed by atoms with E-state index in [9.17, 15) is 4.79 Å². The summed E-state index contributed by atoms with van der Waals surface area (Å²) < 4.78 is 11.0. The van der Waals surface area contributed by atoms with Gasteiger partial charge in [0.15, 0.2) is 0 Å². The number of carbonyl (C=O) groups is 1. The average Bonchev–Trinajstić information content (AvgIpc) is 2.82. The Morgan fingerprint density at radius 3 is 2.77 bits per heavy atom. The lowest BCUT2D eigenvalue weighted by atomic mass is 10.1. The van der Waals surface area contributed by atoms with Gasteiger partial charge in [0.2, 0.25) is 0 Å². The summed E-state index contributed by atoms with van der Waals surface area (Å²) in [5.74, 6) is 0.521. The van der Waals surface area contributed by atoms with Gasteiger partial charge in [-0.05, 0) is 24.7 Å². The van der Waals surface area contributed by atoms with E-state index >= 15 is 0 Å². The number of likely N-dealkylation sites (tertiary alicyclic amines) is 1.